The number of hydrogen-bond donors (Lipinski definition) is 0. The highest BCUT2D eigenvalue weighted by Crippen LogP contribution is 2.17. The third-order valence-electron chi connectivity index (χ3n) is 6.11. The number of ether oxygens (including phenoxy) is 1. The zero-order chi connectivity index (χ0) is 25.7. The SMILES string of the molecule is C/C=C\CCCCCC(CCCCC/C=C\C/C=C\C/C=C\CCCCC)OC(=O)CCCCBr. The van der Waals surface area contributed by atoms with Gasteiger partial charge in [0.05, 0.1) is 0 Å². The van der Waals surface area contributed by atoms with Crippen molar-refractivity contribution in [3.8, 4) is 0 Å². The van der Waals surface area contributed by atoms with Gasteiger partial charge in [0.15, 0.2) is 0 Å². The maximum absolute atomic E-state index is 12.2. The Bertz CT molecular complexity index is 562. The fourth-order valence-corrected chi connectivity index (χ4v) is 4.35. The summed E-state index contributed by atoms with van der Waals surface area (Å²) in [5.41, 5.74) is 0. The lowest BCUT2D eigenvalue weighted by molar-refractivity contribution is -0.150. The molecule has 0 amide bonds. The third-order valence-corrected chi connectivity index (χ3v) is 6.67. The zero-order valence-corrected chi connectivity index (χ0v) is 24.6. The average molecular weight is 552 g/mol. The number of hydrogen-bond acceptors (Lipinski definition) is 2. The lowest BCUT2D eigenvalue weighted by atomic mass is 10.0. The van der Waals surface area contributed by atoms with Crippen molar-refractivity contribution >= 4 is 21.9 Å². The predicted molar refractivity (Wildman–Crippen MR) is 159 cm³/mol. The lowest BCUT2D eigenvalue weighted by Gasteiger charge is -2.18. The summed E-state index contributed by atoms with van der Waals surface area (Å²) in [6.07, 6.45) is 39.5. The van der Waals surface area contributed by atoms with E-state index in [4.69, 9.17) is 4.74 Å². The molecule has 0 aromatic rings. The minimum atomic E-state index is -0.00663. The van der Waals surface area contributed by atoms with Crippen LogP contribution >= 0.6 is 15.9 Å². The van der Waals surface area contributed by atoms with E-state index in [1.807, 2.05) is 0 Å². The third kappa shape index (κ3) is 27.3. The van der Waals surface area contributed by atoms with E-state index >= 15 is 0 Å². The van der Waals surface area contributed by atoms with Crippen molar-refractivity contribution in [3.05, 3.63) is 48.6 Å². The second-order valence-electron chi connectivity index (χ2n) is 9.48. The van der Waals surface area contributed by atoms with E-state index in [1.54, 1.807) is 0 Å². The number of allylic oxidation sites excluding steroid dienone is 8. The molecule has 2 nitrogen and oxygen atoms in total. The minimum absolute atomic E-state index is 0.00663. The molecule has 0 saturated carbocycles. The summed E-state index contributed by atoms with van der Waals surface area (Å²) < 4.78 is 5.85. The monoisotopic (exact) mass is 550 g/mol. The fraction of sp³-hybridized carbons (Fsp3) is 0.719. The maximum atomic E-state index is 12.2. The number of carbonyl (C=O) groups excluding carboxylic acids is 1. The standard InChI is InChI=1S/C32H55BrO2/c1-3-5-7-9-11-12-13-14-15-16-17-18-19-20-22-24-28-31(27-23-21-10-8-6-4-2)35-32(34)29-25-26-30-33/h4,6,11-12,14-15,17-18,31H,3,5,7-10,13,16,19-30H2,1-2H3/b6-4-,12-11-,15-14-,18-17-. The van der Waals surface area contributed by atoms with E-state index in [-0.39, 0.29) is 12.1 Å². The summed E-state index contributed by atoms with van der Waals surface area (Å²) in [6, 6.07) is 0. The number of rotatable bonds is 25. The van der Waals surface area contributed by atoms with Crippen molar-refractivity contribution in [3.63, 3.8) is 0 Å². The molecule has 1 atom stereocenters. The number of alkyl halides is 1. The van der Waals surface area contributed by atoms with Gasteiger partial charge in [-0.2, -0.15) is 0 Å². The van der Waals surface area contributed by atoms with Crippen LogP contribution in [0.2, 0.25) is 0 Å². The number of carbonyl (C=O) groups is 1. The van der Waals surface area contributed by atoms with Crippen LogP contribution in [0.5, 0.6) is 0 Å². The van der Waals surface area contributed by atoms with Crippen molar-refractivity contribution in [1.82, 2.24) is 0 Å². The molecule has 0 heterocycles. The van der Waals surface area contributed by atoms with Crippen LogP contribution < -0.4 is 0 Å². The van der Waals surface area contributed by atoms with Gasteiger partial charge in [-0.15, -0.1) is 0 Å². The molecule has 0 aliphatic rings. The minimum Gasteiger partial charge on any atom is -0.462 e. The predicted octanol–water partition coefficient (Wildman–Crippen LogP) is 11.0. The quantitative estimate of drug-likeness (QED) is 0.0488. The van der Waals surface area contributed by atoms with Crippen LogP contribution in [-0.4, -0.2) is 17.4 Å². The van der Waals surface area contributed by atoms with Crippen LogP contribution in [0.4, 0.5) is 0 Å². The largest absolute Gasteiger partial charge is 0.462 e. The molecular formula is C32H55BrO2. The Kier molecular flexibility index (Phi) is 28.2. The Balaban J connectivity index is 3.97. The van der Waals surface area contributed by atoms with Gasteiger partial charge in [0, 0.05) is 11.8 Å². The molecule has 0 aromatic heterocycles. The van der Waals surface area contributed by atoms with E-state index in [0.29, 0.717) is 6.42 Å². The van der Waals surface area contributed by atoms with Gasteiger partial charge in [0.25, 0.3) is 0 Å². The van der Waals surface area contributed by atoms with Crippen LogP contribution in [0.15, 0.2) is 48.6 Å². The lowest BCUT2D eigenvalue weighted by Crippen LogP contribution is -2.18. The number of esters is 1. The summed E-state index contributed by atoms with van der Waals surface area (Å²) in [6.45, 7) is 4.33. The highest BCUT2D eigenvalue weighted by Gasteiger charge is 2.14. The molecule has 0 rings (SSSR count). The van der Waals surface area contributed by atoms with Crippen LogP contribution in [0.3, 0.4) is 0 Å². The molecule has 0 aliphatic heterocycles. The molecule has 0 saturated heterocycles. The molecular weight excluding hydrogens is 496 g/mol. The molecule has 3 heteroatoms. The molecule has 0 spiro atoms. The number of unbranched alkanes of at least 4 members (excludes halogenated alkanes) is 10. The molecule has 1 unspecified atom stereocenters. The summed E-state index contributed by atoms with van der Waals surface area (Å²) in [5, 5.41) is 0.956. The Labute approximate surface area is 226 Å². The molecule has 202 valence electrons. The van der Waals surface area contributed by atoms with E-state index in [0.717, 1.165) is 69.5 Å². The topological polar surface area (TPSA) is 26.3 Å². The fourth-order valence-electron chi connectivity index (χ4n) is 3.95. The normalized spacial score (nSPS) is 13.1. The van der Waals surface area contributed by atoms with Crippen LogP contribution in [0.25, 0.3) is 0 Å². The van der Waals surface area contributed by atoms with E-state index in [1.165, 1.54) is 51.4 Å². The molecule has 0 N–H and O–H groups in total. The number of halogens is 1. The van der Waals surface area contributed by atoms with Crippen molar-refractivity contribution in [2.75, 3.05) is 5.33 Å². The van der Waals surface area contributed by atoms with Crippen LogP contribution in [0, 0.1) is 0 Å². The maximum Gasteiger partial charge on any atom is 0.306 e. The summed E-state index contributed by atoms with van der Waals surface area (Å²) in [4.78, 5) is 12.2. The van der Waals surface area contributed by atoms with Gasteiger partial charge in [-0.3, -0.25) is 4.79 Å². The van der Waals surface area contributed by atoms with Gasteiger partial charge in [-0.25, -0.2) is 0 Å². The Hall–Kier alpha value is -1.09. The van der Waals surface area contributed by atoms with Crippen LogP contribution in [-0.2, 0) is 9.53 Å². The highest BCUT2D eigenvalue weighted by atomic mass is 79.9. The smallest absolute Gasteiger partial charge is 0.306 e. The molecule has 35 heavy (non-hydrogen) atoms. The van der Waals surface area contributed by atoms with Gasteiger partial charge in [0.1, 0.15) is 6.10 Å². The molecule has 0 aromatic carbocycles. The van der Waals surface area contributed by atoms with Crippen molar-refractivity contribution in [1.29, 1.82) is 0 Å². The Morgan fingerprint density at radius 2 is 1.23 bits per heavy atom. The summed E-state index contributed by atoms with van der Waals surface area (Å²) >= 11 is 3.43. The first-order valence-corrected chi connectivity index (χ1v) is 15.7. The summed E-state index contributed by atoms with van der Waals surface area (Å²) in [7, 11) is 0. The second kappa shape index (κ2) is 29.1. The molecule has 0 fully saturated rings. The van der Waals surface area contributed by atoms with E-state index < -0.39 is 0 Å². The first-order valence-electron chi connectivity index (χ1n) is 14.6. The van der Waals surface area contributed by atoms with Gasteiger partial charge >= 0.3 is 5.97 Å². The first kappa shape index (κ1) is 33.9. The Morgan fingerprint density at radius 3 is 1.77 bits per heavy atom. The van der Waals surface area contributed by atoms with Gasteiger partial charge in [0.2, 0.25) is 0 Å². The van der Waals surface area contributed by atoms with Crippen LogP contribution in [0.1, 0.15) is 136 Å². The van der Waals surface area contributed by atoms with Gasteiger partial charge < -0.3 is 4.74 Å². The molecule has 0 bridgehead atoms. The van der Waals surface area contributed by atoms with E-state index in [2.05, 4.69) is 78.4 Å². The van der Waals surface area contributed by atoms with Crippen molar-refractivity contribution < 1.29 is 9.53 Å². The molecule has 0 radical (unpaired) electrons. The Morgan fingerprint density at radius 1 is 0.686 bits per heavy atom. The average Bonchev–Trinajstić information content (AvgIpc) is 2.85. The first-order chi connectivity index (χ1) is 17.2. The van der Waals surface area contributed by atoms with Crippen molar-refractivity contribution in [2.24, 2.45) is 0 Å². The molecule has 0 aliphatic carbocycles. The van der Waals surface area contributed by atoms with E-state index in [9.17, 15) is 4.79 Å². The summed E-state index contributed by atoms with van der Waals surface area (Å²) in [5.74, 6) is -0.00663. The van der Waals surface area contributed by atoms with Gasteiger partial charge in [-0.05, 0) is 96.8 Å². The second-order valence-corrected chi connectivity index (χ2v) is 10.3. The highest BCUT2D eigenvalue weighted by molar-refractivity contribution is 9.09. The zero-order valence-electron chi connectivity index (χ0n) is 23.0. The van der Waals surface area contributed by atoms with Crippen molar-refractivity contribution in [2.45, 2.75) is 142 Å². The van der Waals surface area contributed by atoms with Gasteiger partial charge in [-0.1, -0.05) is 97.1 Å².